The molecular formula is C18H18N3O3S+. The highest BCUT2D eigenvalue weighted by atomic mass is 32.1. The lowest BCUT2D eigenvalue weighted by atomic mass is 10.1. The standard InChI is InChI=1S/C18H17N3O3S/c22-16(20-21-18(23)14-8-4-10-24-14)12-19-17(15-9-5-11-25-15)13-6-2-1-3-7-13/h1-11,17,19H,12H2,(H,20,22)(H,21,23)/p+1/t17-/m1/s1. The number of carbonyl (C=O) groups excluding carboxylic acids is 2. The molecule has 0 spiro atoms. The molecule has 7 heteroatoms. The SMILES string of the molecule is O=C(C[NH2+][C@H](c1ccccc1)c1cccs1)NNC(=O)c1ccco1. The maximum absolute atomic E-state index is 12.0. The Morgan fingerprint density at radius 2 is 1.88 bits per heavy atom. The van der Waals surface area contributed by atoms with Crippen molar-refractivity contribution in [2.45, 2.75) is 6.04 Å². The van der Waals surface area contributed by atoms with Crippen molar-refractivity contribution < 1.29 is 19.3 Å². The van der Waals surface area contributed by atoms with Crippen LogP contribution in [-0.2, 0) is 4.79 Å². The molecule has 0 aliphatic heterocycles. The van der Waals surface area contributed by atoms with Crippen LogP contribution in [0.1, 0.15) is 27.0 Å². The van der Waals surface area contributed by atoms with E-state index in [0.29, 0.717) is 0 Å². The van der Waals surface area contributed by atoms with Crippen molar-refractivity contribution in [3.63, 3.8) is 0 Å². The molecule has 3 rings (SSSR count). The Morgan fingerprint density at radius 3 is 2.56 bits per heavy atom. The lowest BCUT2D eigenvalue weighted by Gasteiger charge is -2.14. The third kappa shape index (κ3) is 4.56. The molecule has 128 valence electrons. The average Bonchev–Trinajstić information content (AvgIpc) is 3.34. The highest BCUT2D eigenvalue weighted by Gasteiger charge is 2.20. The van der Waals surface area contributed by atoms with Crippen molar-refractivity contribution in [1.29, 1.82) is 0 Å². The zero-order valence-corrected chi connectivity index (χ0v) is 14.2. The van der Waals surface area contributed by atoms with Gasteiger partial charge in [-0.3, -0.25) is 20.4 Å². The number of carbonyl (C=O) groups is 2. The Labute approximate surface area is 148 Å². The topological polar surface area (TPSA) is 88.0 Å². The Morgan fingerprint density at radius 1 is 1.04 bits per heavy atom. The van der Waals surface area contributed by atoms with Gasteiger partial charge >= 0.3 is 5.91 Å². The van der Waals surface area contributed by atoms with E-state index in [4.69, 9.17) is 4.42 Å². The van der Waals surface area contributed by atoms with Crippen molar-refractivity contribution in [3.05, 3.63) is 82.4 Å². The average molecular weight is 356 g/mol. The first-order valence-corrected chi connectivity index (χ1v) is 8.66. The number of nitrogens with two attached hydrogens (primary N) is 1. The number of benzene rings is 1. The van der Waals surface area contributed by atoms with Gasteiger partial charge in [-0.1, -0.05) is 36.4 Å². The van der Waals surface area contributed by atoms with Gasteiger partial charge < -0.3 is 9.73 Å². The van der Waals surface area contributed by atoms with Gasteiger partial charge in [0.1, 0.15) is 6.04 Å². The van der Waals surface area contributed by atoms with E-state index in [1.807, 2.05) is 47.1 Å². The zero-order chi connectivity index (χ0) is 17.5. The largest absolute Gasteiger partial charge is 0.459 e. The molecule has 0 radical (unpaired) electrons. The molecule has 0 unspecified atom stereocenters. The maximum atomic E-state index is 12.0. The molecule has 0 aliphatic carbocycles. The van der Waals surface area contributed by atoms with E-state index >= 15 is 0 Å². The third-order valence-corrected chi connectivity index (χ3v) is 4.56. The smallest absolute Gasteiger partial charge is 0.305 e. The molecule has 0 fully saturated rings. The molecule has 0 aliphatic rings. The molecule has 2 amide bonds. The number of furan rings is 1. The van der Waals surface area contributed by atoms with Gasteiger partial charge in [0, 0.05) is 5.56 Å². The monoisotopic (exact) mass is 356 g/mol. The first-order chi connectivity index (χ1) is 12.2. The summed E-state index contributed by atoms with van der Waals surface area (Å²) in [6.07, 6.45) is 1.40. The second-order valence-electron chi connectivity index (χ2n) is 5.32. The van der Waals surface area contributed by atoms with Crippen molar-refractivity contribution in [1.82, 2.24) is 10.9 Å². The van der Waals surface area contributed by atoms with E-state index in [1.165, 1.54) is 17.2 Å². The Kier molecular flexibility index (Phi) is 5.61. The van der Waals surface area contributed by atoms with Gasteiger partial charge in [0.25, 0.3) is 5.91 Å². The van der Waals surface area contributed by atoms with Crippen molar-refractivity contribution in [2.75, 3.05) is 6.54 Å². The van der Waals surface area contributed by atoms with Gasteiger partial charge in [-0.2, -0.15) is 0 Å². The molecular weight excluding hydrogens is 338 g/mol. The van der Waals surface area contributed by atoms with E-state index in [2.05, 4.69) is 16.9 Å². The summed E-state index contributed by atoms with van der Waals surface area (Å²) in [5.74, 6) is -0.640. The van der Waals surface area contributed by atoms with Gasteiger partial charge in [-0.05, 0) is 23.6 Å². The van der Waals surface area contributed by atoms with Crippen LogP contribution in [0.5, 0.6) is 0 Å². The third-order valence-electron chi connectivity index (χ3n) is 3.61. The normalized spacial score (nSPS) is 11.7. The fourth-order valence-corrected chi connectivity index (χ4v) is 3.27. The molecule has 0 saturated heterocycles. The summed E-state index contributed by atoms with van der Waals surface area (Å²) < 4.78 is 4.96. The lowest BCUT2D eigenvalue weighted by Crippen LogP contribution is -2.88. The number of hydrogen-bond donors (Lipinski definition) is 3. The molecule has 3 aromatic rings. The van der Waals surface area contributed by atoms with Crippen LogP contribution in [0.2, 0.25) is 0 Å². The van der Waals surface area contributed by atoms with E-state index < -0.39 is 5.91 Å². The van der Waals surface area contributed by atoms with E-state index in [-0.39, 0.29) is 24.3 Å². The highest BCUT2D eigenvalue weighted by molar-refractivity contribution is 7.10. The number of quaternary nitrogens is 1. The summed E-state index contributed by atoms with van der Waals surface area (Å²) in [6.45, 7) is 0.176. The van der Waals surface area contributed by atoms with E-state index in [0.717, 1.165) is 5.56 Å². The Bertz CT molecular complexity index is 801. The molecule has 6 nitrogen and oxygen atoms in total. The number of amides is 2. The number of hydrazine groups is 1. The molecule has 2 heterocycles. The van der Waals surface area contributed by atoms with Gasteiger partial charge in [0.05, 0.1) is 11.1 Å². The molecule has 25 heavy (non-hydrogen) atoms. The first kappa shape index (κ1) is 16.9. The van der Waals surface area contributed by atoms with Crippen molar-refractivity contribution in [3.8, 4) is 0 Å². The van der Waals surface area contributed by atoms with Crippen LogP contribution in [0.25, 0.3) is 0 Å². The van der Waals surface area contributed by atoms with Crippen molar-refractivity contribution >= 4 is 23.2 Å². The quantitative estimate of drug-likeness (QED) is 0.584. The molecule has 0 bridgehead atoms. The van der Waals surface area contributed by atoms with Crippen LogP contribution in [0.4, 0.5) is 0 Å². The lowest BCUT2D eigenvalue weighted by molar-refractivity contribution is -0.676. The van der Waals surface area contributed by atoms with Gasteiger partial charge in [0.2, 0.25) is 0 Å². The molecule has 1 atom stereocenters. The minimum absolute atomic E-state index is 0.0349. The predicted octanol–water partition coefficient (Wildman–Crippen LogP) is 1.46. The number of thiophene rings is 1. The van der Waals surface area contributed by atoms with Gasteiger partial charge in [-0.15, -0.1) is 11.3 Å². The molecule has 4 N–H and O–H groups in total. The maximum Gasteiger partial charge on any atom is 0.305 e. The minimum Gasteiger partial charge on any atom is -0.459 e. The summed E-state index contributed by atoms with van der Waals surface area (Å²) in [6, 6.07) is 17.2. The van der Waals surface area contributed by atoms with E-state index in [1.54, 1.807) is 17.4 Å². The fourth-order valence-electron chi connectivity index (χ4n) is 2.42. The summed E-state index contributed by atoms with van der Waals surface area (Å²) in [4.78, 5) is 24.9. The second-order valence-corrected chi connectivity index (χ2v) is 6.30. The van der Waals surface area contributed by atoms with Crippen LogP contribution in [0.3, 0.4) is 0 Å². The van der Waals surface area contributed by atoms with Gasteiger partial charge in [0.15, 0.2) is 12.3 Å². The Hall–Kier alpha value is -2.90. The molecule has 1 aromatic carbocycles. The van der Waals surface area contributed by atoms with Crippen LogP contribution >= 0.6 is 11.3 Å². The van der Waals surface area contributed by atoms with Crippen molar-refractivity contribution in [2.24, 2.45) is 0 Å². The second kappa shape index (κ2) is 8.27. The fraction of sp³-hybridized carbons (Fsp3) is 0.111. The summed E-state index contributed by atoms with van der Waals surface area (Å²) >= 11 is 1.65. The van der Waals surface area contributed by atoms with Crippen LogP contribution in [-0.4, -0.2) is 18.4 Å². The van der Waals surface area contributed by atoms with Crippen LogP contribution < -0.4 is 16.2 Å². The zero-order valence-electron chi connectivity index (χ0n) is 13.3. The number of rotatable bonds is 6. The Balaban J connectivity index is 1.56. The number of hydrogen-bond acceptors (Lipinski definition) is 4. The summed E-state index contributed by atoms with van der Waals surface area (Å²) in [5, 5.41) is 3.96. The summed E-state index contributed by atoms with van der Waals surface area (Å²) in [5.41, 5.74) is 5.85. The molecule has 2 aromatic heterocycles. The predicted molar refractivity (Wildman–Crippen MR) is 93.7 cm³/mol. The minimum atomic E-state index is -0.490. The highest BCUT2D eigenvalue weighted by Crippen LogP contribution is 2.22. The molecule has 0 saturated carbocycles. The summed E-state index contributed by atoms with van der Waals surface area (Å²) in [7, 11) is 0. The van der Waals surface area contributed by atoms with Crippen LogP contribution in [0, 0.1) is 0 Å². The number of nitrogens with one attached hydrogen (secondary N) is 2. The van der Waals surface area contributed by atoms with Gasteiger partial charge in [-0.25, -0.2) is 0 Å². The van der Waals surface area contributed by atoms with Crippen LogP contribution in [0.15, 0.2) is 70.7 Å². The first-order valence-electron chi connectivity index (χ1n) is 7.78. The van der Waals surface area contributed by atoms with E-state index in [9.17, 15) is 9.59 Å².